The Labute approximate surface area is 138 Å². The van der Waals surface area contributed by atoms with Crippen molar-refractivity contribution < 1.29 is 4.79 Å². The molecular formula is C14H9BrClN3OS. The fraction of sp³-hybridized carbons (Fsp3) is 0. The van der Waals surface area contributed by atoms with Crippen molar-refractivity contribution in [1.29, 1.82) is 0 Å². The number of halogens is 2. The number of fused-ring (bicyclic) bond motifs is 1. The van der Waals surface area contributed by atoms with Gasteiger partial charge >= 0.3 is 0 Å². The van der Waals surface area contributed by atoms with Gasteiger partial charge in [0.1, 0.15) is 5.52 Å². The molecule has 0 fully saturated rings. The number of carbonyl (C=O) groups excluding carboxylic acids is 1. The first-order chi connectivity index (χ1) is 10.1. The van der Waals surface area contributed by atoms with Crippen molar-refractivity contribution >= 4 is 66.4 Å². The molecule has 1 amide bonds. The lowest BCUT2D eigenvalue weighted by molar-refractivity contribution is 0.102. The number of thiazole rings is 1. The van der Waals surface area contributed by atoms with E-state index in [1.807, 2.05) is 6.07 Å². The highest BCUT2D eigenvalue weighted by atomic mass is 79.9. The van der Waals surface area contributed by atoms with Gasteiger partial charge in [0.25, 0.3) is 5.91 Å². The van der Waals surface area contributed by atoms with E-state index in [0.29, 0.717) is 27.5 Å². The SMILES string of the molecule is Nc1cc(C(=O)Nc2c(Cl)ccc3scnc23)ccc1Br. The van der Waals surface area contributed by atoms with E-state index in [2.05, 4.69) is 26.2 Å². The van der Waals surface area contributed by atoms with Crippen LogP contribution in [0.5, 0.6) is 0 Å². The van der Waals surface area contributed by atoms with E-state index in [1.54, 1.807) is 29.8 Å². The maximum atomic E-state index is 12.3. The molecule has 0 aliphatic rings. The highest BCUT2D eigenvalue weighted by Gasteiger charge is 2.14. The second-order valence-electron chi connectivity index (χ2n) is 4.31. The van der Waals surface area contributed by atoms with Gasteiger partial charge in [0.05, 0.1) is 20.9 Å². The highest BCUT2D eigenvalue weighted by molar-refractivity contribution is 9.10. The third kappa shape index (κ3) is 2.74. The minimum absolute atomic E-state index is 0.281. The lowest BCUT2D eigenvalue weighted by atomic mass is 10.2. The molecule has 0 radical (unpaired) electrons. The van der Waals surface area contributed by atoms with Crippen molar-refractivity contribution in [2.75, 3.05) is 11.1 Å². The summed E-state index contributed by atoms with van der Waals surface area (Å²) in [6.45, 7) is 0. The fourth-order valence-corrected chi connectivity index (χ4v) is 3.03. The van der Waals surface area contributed by atoms with E-state index in [4.69, 9.17) is 17.3 Å². The molecule has 4 nitrogen and oxygen atoms in total. The summed E-state index contributed by atoms with van der Waals surface area (Å²) in [7, 11) is 0. The molecule has 7 heteroatoms. The van der Waals surface area contributed by atoms with E-state index in [9.17, 15) is 4.79 Å². The van der Waals surface area contributed by atoms with Crippen molar-refractivity contribution in [3.05, 3.63) is 50.9 Å². The maximum Gasteiger partial charge on any atom is 0.255 e. The summed E-state index contributed by atoms with van der Waals surface area (Å²) in [5, 5.41) is 3.26. The Morgan fingerprint density at radius 2 is 2.14 bits per heavy atom. The standard InChI is InChI=1S/C14H9BrClN3OS/c15-8-2-1-7(5-10(8)17)14(20)19-12-9(16)3-4-11-13(12)18-6-21-11/h1-6H,17H2,(H,19,20). The third-order valence-corrected chi connectivity index (χ3v) is 4.78. The van der Waals surface area contributed by atoms with E-state index in [0.717, 1.165) is 9.17 Å². The monoisotopic (exact) mass is 381 g/mol. The molecule has 0 bridgehead atoms. The summed E-state index contributed by atoms with van der Waals surface area (Å²) in [5.41, 5.74) is 9.67. The van der Waals surface area contributed by atoms with Crippen molar-refractivity contribution in [2.24, 2.45) is 0 Å². The molecule has 0 aliphatic carbocycles. The van der Waals surface area contributed by atoms with Crippen LogP contribution in [0.2, 0.25) is 5.02 Å². The summed E-state index contributed by atoms with van der Waals surface area (Å²) in [6, 6.07) is 8.64. The first-order valence-corrected chi connectivity index (χ1v) is 7.99. The predicted molar refractivity (Wildman–Crippen MR) is 91.1 cm³/mol. The zero-order chi connectivity index (χ0) is 15.0. The van der Waals surface area contributed by atoms with Crippen LogP contribution in [0.25, 0.3) is 10.2 Å². The molecule has 3 aromatic rings. The van der Waals surface area contributed by atoms with Gasteiger partial charge in [-0.25, -0.2) is 4.98 Å². The predicted octanol–water partition coefficient (Wildman–Crippen LogP) is 4.55. The molecular weight excluding hydrogens is 374 g/mol. The normalized spacial score (nSPS) is 10.8. The van der Waals surface area contributed by atoms with Crippen molar-refractivity contribution in [3.8, 4) is 0 Å². The van der Waals surface area contributed by atoms with Crippen molar-refractivity contribution in [1.82, 2.24) is 4.98 Å². The lowest BCUT2D eigenvalue weighted by Crippen LogP contribution is -2.13. The molecule has 0 atom stereocenters. The summed E-state index contributed by atoms with van der Waals surface area (Å²) < 4.78 is 1.71. The van der Waals surface area contributed by atoms with Gasteiger partial charge in [0.15, 0.2) is 0 Å². The number of hydrogen-bond acceptors (Lipinski definition) is 4. The van der Waals surface area contributed by atoms with E-state index in [1.165, 1.54) is 11.3 Å². The van der Waals surface area contributed by atoms with Crippen LogP contribution in [0.1, 0.15) is 10.4 Å². The number of nitrogens with zero attached hydrogens (tertiary/aromatic N) is 1. The number of carbonyl (C=O) groups is 1. The Bertz CT molecular complexity index is 849. The van der Waals surface area contributed by atoms with Crippen LogP contribution in [0, 0.1) is 0 Å². The van der Waals surface area contributed by atoms with Crippen LogP contribution >= 0.6 is 38.9 Å². The van der Waals surface area contributed by atoms with Gasteiger partial charge in [-0.3, -0.25) is 4.79 Å². The highest BCUT2D eigenvalue weighted by Crippen LogP contribution is 2.32. The number of amides is 1. The van der Waals surface area contributed by atoms with Crippen molar-refractivity contribution in [3.63, 3.8) is 0 Å². The van der Waals surface area contributed by atoms with Gasteiger partial charge < -0.3 is 11.1 Å². The molecule has 1 heterocycles. The maximum absolute atomic E-state index is 12.3. The molecule has 1 aromatic heterocycles. The molecule has 0 unspecified atom stereocenters. The average Bonchev–Trinajstić information content (AvgIpc) is 2.93. The van der Waals surface area contributed by atoms with E-state index >= 15 is 0 Å². The summed E-state index contributed by atoms with van der Waals surface area (Å²) in [5.74, 6) is -0.281. The first-order valence-electron chi connectivity index (χ1n) is 5.94. The quantitative estimate of drug-likeness (QED) is 0.639. The number of rotatable bonds is 2. The van der Waals surface area contributed by atoms with Crippen LogP contribution in [-0.4, -0.2) is 10.9 Å². The van der Waals surface area contributed by atoms with Gasteiger partial charge in [-0.2, -0.15) is 0 Å². The number of nitrogen functional groups attached to an aromatic ring is 1. The van der Waals surface area contributed by atoms with Gasteiger partial charge in [0.2, 0.25) is 0 Å². The minimum atomic E-state index is -0.281. The topological polar surface area (TPSA) is 68.0 Å². The van der Waals surface area contributed by atoms with Crippen LogP contribution in [0.15, 0.2) is 40.3 Å². The van der Waals surface area contributed by atoms with Crippen LogP contribution < -0.4 is 11.1 Å². The zero-order valence-corrected chi connectivity index (χ0v) is 13.7. The Kier molecular flexibility index (Phi) is 3.84. The smallest absolute Gasteiger partial charge is 0.255 e. The molecule has 106 valence electrons. The molecule has 0 spiro atoms. The fourth-order valence-electron chi connectivity index (χ4n) is 1.90. The number of benzene rings is 2. The first kappa shape index (κ1) is 14.3. The number of nitrogens with one attached hydrogen (secondary N) is 1. The molecule has 3 N–H and O–H groups in total. The second kappa shape index (κ2) is 5.63. The average molecular weight is 383 g/mol. The van der Waals surface area contributed by atoms with E-state index < -0.39 is 0 Å². The van der Waals surface area contributed by atoms with Gasteiger partial charge in [-0.15, -0.1) is 11.3 Å². The summed E-state index contributed by atoms with van der Waals surface area (Å²) in [6.07, 6.45) is 0. The third-order valence-electron chi connectivity index (χ3n) is 2.95. The van der Waals surface area contributed by atoms with Gasteiger partial charge in [-0.1, -0.05) is 11.6 Å². The largest absolute Gasteiger partial charge is 0.398 e. The van der Waals surface area contributed by atoms with E-state index in [-0.39, 0.29) is 5.91 Å². The number of nitrogens with two attached hydrogens (primary N) is 1. The number of anilines is 2. The summed E-state index contributed by atoms with van der Waals surface area (Å²) in [4.78, 5) is 16.6. The molecule has 0 saturated heterocycles. The number of hydrogen-bond donors (Lipinski definition) is 2. The van der Waals surface area contributed by atoms with Gasteiger partial charge in [-0.05, 0) is 46.3 Å². The molecule has 3 rings (SSSR count). The van der Waals surface area contributed by atoms with Crippen LogP contribution in [0.4, 0.5) is 11.4 Å². The molecule has 0 aliphatic heterocycles. The van der Waals surface area contributed by atoms with Crippen LogP contribution in [-0.2, 0) is 0 Å². The Balaban J connectivity index is 1.98. The Morgan fingerprint density at radius 3 is 2.90 bits per heavy atom. The minimum Gasteiger partial charge on any atom is -0.398 e. The summed E-state index contributed by atoms with van der Waals surface area (Å²) >= 11 is 11.0. The molecule has 21 heavy (non-hydrogen) atoms. The second-order valence-corrected chi connectivity index (χ2v) is 6.46. The Hall–Kier alpha value is -1.63. The Morgan fingerprint density at radius 1 is 1.33 bits per heavy atom. The van der Waals surface area contributed by atoms with Gasteiger partial charge in [0, 0.05) is 15.7 Å². The number of aromatic nitrogens is 1. The zero-order valence-electron chi connectivity index (χ0n) is 10.6. The lowest BCUT2D eigenvalue weighted by Gasteiger charge is -2.09. The van der Waals surface area contributed by atoms with Crippen LogP contribution in [0.3, 0.4) is 0 Å². The van der Waals surface area contributed by atoms with Crippen molar-refractivity contribution in [2.45, 2.75) is 0 Å². The molecule has 0 saturated carbocycles. The molecule has 2 aromatic carbocycles.